The predicted octanol–water partition coefficient (Wildman–Crippen LogP) is 1.92. The van der Waals surface area contributed by atoms with E-state index in [0.29, 0.717) is 12.1 Å². The van der Waals surface area contributed by atoms with Crippen LogP contribution in [-0.2, 0) is 13.6 Å². The van der Waals surface area contributed by atoms with E-state index in [4.69, 9.17) is 5.73 Å². The SMILES string of the molecule is Cc1cc(C)c2c(c1)c(C)c(CN)c(=O)n2C. The van der Waals surface area contributed by atoms with Gasteiger partial charge < -0.3 is 10.3 Å². The van der Waals surface area contributed by atoms with Crippen LogP contribution in [0.4, 0.5) is 0 Å². The molecule has 0 aliphatic rings. The molecule has 0 atom stereocenters. The van der Waals surface area contributed by atoms with E-state index < -0.39 is 0 Å². The Labute approximate surface area is 101 Å². The molecule has 0 aliphatic heterocycles. The maximum absolute atomic E-state index is 12.2. The van der Waals surface area contributed by atoms with Gasteiger partial charge in [-0.2, -0.15) is 0 Å². The minimum Gasteiger partial charge on any atom is -0.326 e. The minimum absolute atomic E-state index is 0.0180. The summed E-state index contributed by atoms with van der Waals surface area (Å²) in [5.41, 5.74) is 10.8. The van der Waals surface area contributed by atoms with Crippen LogP contribution in [0.2, 0.25) is 0 Å². The predicted molar refractivity (Wildman–Crippen MR) is 71.3 cm³/mol. The monoisotopic (exact) mass is 230 g/mol. The number of fused-ring (bicyclic) bond motifs is 1. The zero-order valence-corrected chi connectivity index (χ0v) is 10.8. The van der Waals surface area contributed by atoms with Crippen molar-refractivity contribution in [1.29, 1.82) is 0 Å². The van der Waals surface area contributed by atoms with Crippen molar-refractivity contribution in [3.63, 3.8) is 0 Å². The first-order chi connectivity index (χ1) is 7.97. The third-order valence-corrected chi connectivity index (χ3v) is 3.40. The number of nitrogens with two attached hydrogens (primary N) is 1. The van der Waals surface area contributed by atoms with Crippen molar-refractivity contribution < 1.29 is 0 Å². The number of pyridine rings is 1. The number of rotatable bonds is 1. The van der Waals surface area contributed by atoms with Gasteiger partial charge in [0.25, 0.3) is 5.56 Å². The van der Waals surface area contributed by atoms with Crippen molar-refractivity contribution in [2.24, 2.45) is 12.8 Å². The van der Waals surface area contributed by atoms with Crippen LogP contribution in [0, 0.1) is 20.8 Å². The third kappa shape index (κ3) is 1.67. The average Bonchev–Trinajstić information content (AvgIpc) is 2.26. The summed E-state index contributed by atoms with van der Waals surface area (Å²) in [5, 5.41) is 1.13. The quantitative estimate of drug-likeness (QED) is 0.813. The van der Waals surface area contributed by atoms with Crippen molar-refractivity contribution in [1.82, 2.24) is 4.57 Å². The molecular weight excluding hydrogens is 212 g/mol. The molecule has 90 valence electrons. The summed E-state index contributed by atoms with van der Waals surface area (Å²) in [6.07, 6.45) is 0. The number of benzene rings is 1. The van der Waals surface area contributed by atoms with E-state index >= 15 is 0 Å². The van der Waals surface area contributed by atoms with Crippen molar-refractivity contribution in [2.45, 2.75) is 27.3 Å². The van der Waals surface area contributed by atoms with Gasteiger partial charge in [-0.15, -0.1) is 0 Å². The zero-order chi connectivity index (χ0) is 12.7. The smallest absolute Gasteiger partial charge is 0.255 e. The Bertz CT molecular complexity index is 654. The second-order valence-corrected chi connectivity index (χ2v) is 4.65. The van der Waals surface area contributed by atoms with Gasteiger partial charge in [-0.05, 0) is 38.0 Å². The van der Waals surface area contributed by atoms with Gasteiger partial charge in [0, 0.05) is 24.5 Å². The first-order valence-electron chi connectivity index (χ1n) is 5.77. The lowest BCUT2D eigenvalue weighted by molar-refractivity contribution is 0.859. The van der Waals surface area contributed by atoms with Gasteiger partial charge in [0.05, 0.1) is 5.52 Å². The molecule has 2 rings (SSSR count). The van der Waals surface area contributed by atoms with E-state index in [-0.39, 0.29) is 5.56 Å². The molecule has 0 radical (unpaired) electrons. The van der Waals surface area contributed by atoms with Crippen LogP contribution in [0.5, 0.6) is 0 Å². The van der Waals surface area contributed by atoms with E-state index in [9.17, 15) is 4.79 Å². The van der Waals surface area contributed by atoms with Gasteiger partial charge in [-0.3, -0.25) is 4.79 Å². The van der Waals surface area contributed by atoms with Crippen molar-refractivity contribution in [2.75, 3.05) is 0 Å². The molecule has 17 heavy (non-hydrogen) atoms. The Morgan fingerprint density at radius 2 is 1.88 bits per heavy atom. The molecule has 0 saturated heterocycles. The minimum atomic E-state index is 0.0180. The summed E-state index contributed by atoms with van der Waals surface area (Å²) >= 11 is 0. The fraction of sp³-hybridized carbons (Fsp3) is 0.357. The summed E-state index contributed by atoms with van der Waals surface area (Å²) in [6.45, 7) is 6.38. The van der Waals surface area contributed by atoms with Crippen LogP contribution in [0.25, 0.3) is 10.9 Å². The normalized spacial score (nSPS) is 11.1. The van der Waals surface area contributed by atoms with Crippen molar-refractivity contribution in [3.8, 4) is 0 Å². The third-order valence-electron chi connectivity index (χ3n) is 3.40. The molecule has 0 fully saturated rings. The molecule has 0 aliphatic carbocycles. The topological polar surface area (TPSA) is 48.0 Å². The number of hydrogen-bond donors (Lipinski definition) is 1. The fourth-order valence-corrected chi connectivity index (χ4v) is 2.56. The van der Waals surface area contributed by atoms with Crippen molar-refractivity contribution >= 4 is 10.9 Å². The Balaban J connectivity index is 3.09. The van der Waals surface area contributed by atoms with Gasteiger partial charge in [-0.1, -0.05) is 11.6 Å². The highest BCUT2D eigenvalue weighted by molar-refractivity contribution is 5.86. The molecule has 0 unspecified atom stereocenters. The Hall–Kier alpha value is -1.61. The lowest BCUT2D eigenvalue weighted by Gasteiger charge is -2.14. The first kappa shape index (κ1) is 11.9. The maximum atomic E-state index is 12.2. The maximum Gasteiger partial charge on any atom is 0.255 e. The van der Waals surface area contributed by atoms with E-state index in [2.05, 4.69) is 19.1 Å². The molecule has 2 N–H and O–H groups in total. The molecule has 1 heterocycles. The molecule has 0 bridgehead atoms. The Morgan fingerprint density at radius 3 is 2.47 bits per heavy atom. The molecule has 2 aromatic rings. The lowest BCUT2D eigenvalue weighted by atomic mass is 9.99. The Morgan fingerprint density at radius 1 is 1.24 bits per heavy atom. The van der Waals surface area contributed by atoms with Gasteiger partial charge >= 0.3 is 0 Å². The summed E-state index contributed by atoms with van der Waals surface area (Å²) < 4.78 is 1.71. The summed E-state index contributed by atoms with van der Waals surface area (Å²) in [5.74, 6) is 0. The second kappa shape index (κ2) is 4.00. The molecule has 3 nitrogen and oxygen atoms in total. The van der Waals surface area contributed by atoms with Gasteiger partial charge in [-0.25, -0.2) is 0 Å². The van der Waals surface area contributed by atoms with Crippen LogP contribution in [-0.4, -0.2) is 4.57 Å². The van der Waals surface area contributed by atoms with E-state index in [0.717, 1.165) is 22.0 Å². The number of nitrogens with zero attached hydrogens (tertiary/aromatic N) is 1. The number of aryl methyl sites for hydroxylation is 4. The first-order valence-corrected chi connectivity index (χ1v) is 5.77. The van der Waals surface area contributed by atoms with Gasteiger partial charge in [0.2, 0.25) is 0 Å². The number of aromatic nitrogens is 1. The van der Waals surface area contributed by atoms with Crippen LogP contribution in [0.1, 0.15) is 22.3 Å². The fourth-order valence-electron chi connectivity index (χ4n) is 2.56. The van der Waals surface area contributed by atoms with Crippen molar-refractivity contribution in [3.05, 3.63) is 44.7 Å². The molecule has 0 saturated carbocycles. The van der Waals surface area contributed by atoms with Crippen LogP contribution >= 0.6 is 0 Å². The van der Waals surface area contributed by atoms with E-state index in [1.54, 1.807) is 4.57 Å². The van der Waals surface area contributed by atoms with Crippen LogP contribution in [0.3, 0.4) is 0 Å². The second-order valence-electron chi connectivity index (χ2n) is 4.65. The highest BCUT2D eigenvalue weighted by Crippen LogP contribution is 2.23. The molecule has 1 aromatic heterocycles. The molecule has 0 amide bonds. The van der Waals surface area contributed by atoms with Gasteiger partial charge in [0.15, 0.2) is 0 Å². The number of hydrogen-bond acceptors (Lipinski definition) is 2. The molecule has 3 heteroatoms. The van der Waals surface area contributed by atoms with E-state index in [1.807, 2.05) is 20.9 Å². The largest absolute Gasteiger partial charge is 0.326 e. The average molecular weight is 230 g/mol. The molecule has 1 aromatic carbocycles. The lowest BCUT2D eigenvalue weighted by Crippen LogP contribution is -2.25. The Kier molecular flexibility index (Phi) is 2.79. The van der Waals surface area contributed by atoms with Crippen LogP contribution < -0.4 is 11.3 Å². The highest BCUT2D eigenvalue weighted by atomic mass is 16.1. The molecule has 0 spiro atoms. The summed E-state index contributed by atoms with van der Waals surface area (Å²) in [6, 6.07) is 4.22. The highest BCUT2D eigenvalue weighted by Gasteiger charge is 2.12. The summed E-state index contributed by atoms with van der Waals surface area (Å²) in [7, 11) is 1.81. The van der Waals surface area contributed by atoms with Gasteiger partial charge in [0.1, 0.15) is 0 Å². The molecular formula is C14H18N2O. The summed E-state index contributed by atoms with van der Waals surface area (Å²) in [4.78, 5) is 12.2. The zero-order valence-electron chi connectivity index (χ0n) is 10.8. The van der Waals surface area contributed by atoms with E-state index in [1.165, 1.54) is 5.56 Å². The van der Waals surface area contributed by atoms with Crippen LogP contribution in [0.15, 0.2) is 16.9 Å². The standard InChI is InChI=1S/C14H18N2O/c1-8-5-9(2)13-11(6-8)10(3)12(7-15)14(17)16(13)4/h5-6H,7,15H2,1-4H3.